The van der Waals surface area contributed by atoms with Crippen molar-refractivity contribution in [3.05, 3.63) is 166 Å². The van der Waals surface area contributed by atoms with Gasteiger partial charge in [0.1, 0.15) is 19.9 Å². The second-order valence-electron chi connectivity index (χ2n) is 15.5. The lowest BCUT2D eigenvalue weighted by atomic mass is 9.89. The van der Waals surface area contributed by atoms with Gasteiger partial charge in [-0.2, -0.15) is 0 Å². The van der Waals surface area contributed by atoms with Crippen LogP contribution in [0, 0.1) is 47.4 Å². The van der Waals surface area contributed by atoms with E-state index in [1.807, 2.05) is 6.92 Å². The van der Waals surface area contributed by atoms with Crippen LogP contribution in [0.4, 0.5) is 4.39 Å². The maximum Gasteiger partial charge on any atom is 0.220 e. The van der Waals surface area contributed by atoms with Gasteiger partial charge in [-0.05, 0) is 164 Å². The highest BCUT2D eigenvalue weighted by Gasteiger charge is 2.21. The van der Waals surface area contributed by atoms with Crippen molar-refractivity contribution in [3.63, 3.8) is 0 Å². The molecule has 0 aliphatic carbocycles. The number of unbranched alkanes of at least 4 members (excludes halogenated alkanes) is 2. The van der Waals surface area contributed by atoms with Crippen molar-refractivity contribution < 1.29 is 13.5 Å². The molecule has 2 nitrogen and oxygen atoms in total. The lowest BCUT2D eigenvalue weighted by Gasteiger charge is -2.16. The Labute approximate surface area is 321 Å². The van der Waals surface area contributed by atoms with Gasteiger partial charge in [0.05, 0.1) is 10.9 Å². The molecule has 54 heavy (non-hydrogen) atoms. The van der Waals surface area contributed by atoms with Gasteiger partial charge < -0.3 is 0 Å². The Morgan fingerprint density at radius 1 is 0.463 bits per heavy atom. The maximum absolute atomic E-state index is 15.7. The number of halogens is 1. The first-order valence-electron chi connectivity index (χ1n) is 19.4. The topological polar surface area (TPSA) is 7.76 Å². The van der Waals surface area contributed by atoms with Crippen LogP contribution in [0.5, 0.6) is 0 Å². The van der Waals surface area contributed by atoms with Gasteiger partial charge in [-0.25, -0.2) is 13.5 Å². The van der Waals surface area contributed by atoms with Gasteiger partial charge in [-0.15, -0.1) is 0 Å². The van der Waals surface area contributed by atoms with Crippen LogP contribution in [0.2, 0.25) is 0 Å². The van der Waals surface area contributed by atoms with Gasteiger partial charge in [0.25, 0.3) is 0 Å². The smallest absolute Gasteiger partial charge is 0.206 e. The number of hydrogen-bond donors (Lipinski definition) is 0. The number of rotatable bonds is 10. The van der Waals surface area contributed by atoms with E-state index in [-0.39, 0.29) is 5.82 Å². The van der Waals surface area contributed by atoms with Crippen molar-refractivity contribution in [2.45, 2.75) is 73.6 Å². The minimum atomic E-state index is -0.169. The molecule has 0 saturated carbocycles. The molecule has 5 aromatic carbocycles. The Balaban J connectivity index is 1.03. The minimum Gasteiger partial charge on any atom is -0.206 e. The van der Waals surface area contributed by atoms with Crippen LogP contribution in [0.1, 0.15) is 63.8 Å². The van der Waals surface area contributed by atoms with Crippen LogP contribution in [0.3, 0.4) is 0 Å². The van der Waals surface area contributed by atoms with E-state index in [0.717, 1.165) is 53.6 Å². The molecule has 0 unspecified atom stereocenters. The third kappa shape index (κ3) is 7.37. The molecule has 0 saturated heterocycles. The molecule has 0 spiro atoms. The molecule has 7 rings (SSSR count). The average Bonchev–Trinajstić information content (AvgIpc) is 3.15. The first kappa shape index (κ1) is 36.9. The summed E-state index contributed by atoms with van der Waals surface area (Å²) in [7, 11) is 4.18. The SMILES string of the molecule is Cc1cc(-c2ccc(C)c(-c3cccc[n+]3C)c2)c(C)cc1CCCCCc1cc(C)c(-c2cc(-c3c4ccccc4cc[n+]3C)c(C)cc2F)cc1C. The Morgan fingerprint density at radius 3 is 1.83 bits per heavy atom. The van der Waals surface area contributed by atoms with Gasteiger partial charge in [0, 0.05) is 29.3 Å². The fraction of sp³-hybridized carbons (Fsp3) is 0.255. The van der Waals surface area contributed by atoms with Crippen LogP contribution in [0.15, 0.2) is 116 Å². The highest BCUT2D eigenvalue weighted by atomic mass is 19.1. The van der Waals surface area contributed by atoms with Gasteiger partial charge in [-0.3, -0.25) is 0 Å². The molecule has 0 atom stereocenters. The van der Waals surface area contributed by atoms with Crippen LogP contribution in [0.25, 0.3) is 55.5 Å². The molecule has 3 heteroatoms. The molecular formula is C51H53FN2+2. The number of fused-ring (bicyclic) bond motifs is 1. The van der Waals surface area contributed by atoms with Gasteiger partial charge >= 0.3 is 0 Å². The number of benzene rings is 5. The number of nitrogens with zero attached hydrogens (tertiary/aromatic N) is 2. The van der Waals surface area contributed by atoms with Crippen LogP contribution >= 0.6 is 0 Å². The van der Waals surface area contributed by atoms with Gasteiger partial charge in [0.15, 0.2) is 12.4 Å². The molecule has 2 heterocycles. The summed E-state index contributed by atoms with van der Waals surface area (Å²) >= 11 is 0. The van der Waals surface area contributed by atoms with E-state index < -0.39 is 0 Å². The summed E-state index contributed by atoms with van der Waals surface area (Å²) < 4.78 is 20.1. The molecule has 0 fully saturated rings. The molecule has 2 aromatic heterocycles. The molecule has 0 N–H and O–H groups in total. The number of aryl methyl sites for hydroxylation is 10. The van der Waals surface area contributed by atoms with E-state index in [1.165, 1.54) is 73.0 Å². The summed E-state index contributed by atoms with van der Waals surface area (Å²) in [6, 6.07) is 36.9. The van der Waals surface area contributed by atoms with E-state index >= 15 is 4.39 Å². The van der Waals surface area contributed by atoms with Crippen LogP contribution in [-0.4, -0.2) is 0 Å². The third-order valence-electron chi connectivity index (χ3n) is 11.5. The van der Waals surface area contributed by atoms with Crippen molar-refractivity contribution in [2.75, 3.05) is 0 Å². The Kier molecular flexibility index (Phi) is 10.6. The molecule has 7 aromatic rings. The predicted octanol–water partition coefficient (Wildman–Crippen LogP) is 12.1. The van der Waals surface area contributed by atoms with E-state index in [1.54, 1.807) is 6.07 Å². The number of aromatic nitrogens is 2. The lowest BCUT2D eigenvalue weighted by molar-refractivity contribution is -0.660. The standard InChI is InChI=1S/C51H53FN2/c1-33-21-22-42(31-46(33)50-20-14-15-24-53(50)7)44-28-34(2)40(26-36(44)4)17-10-9-11-18-41-27-37(5)45(29-35(41)3)48-32-47(38(6)30-49(48)52)51-43-19-13-12-16-39(43)23-25-54(51)8/h12-16,19-32H,9-11,17-18H2,1-8H3/q+2. The Hall–Kier alpha value is -5.41. The van der Waals surface area contributed by atoms with Crippen LogP contribution in [-0.2, 0) is 26.9 Å². The summed E-state index contributed by atoms with van der Waals surface area (Å²) in [5.41, 5.74) is 19.0. The van der Waals surface area contributed by atoms with Crippen molar-refractivity contribution in [1.29, 1.82) is 0 Å². The number of pyridine rings is 2. The van der Waals surface area contributed by atoms with Gasteiger partial charge in [0.2, 0.25) is 11.4 Å². The monoisotopic (exact) mass is 712 g/mol. The summed E-state index contributed by atoms with van der Waals surface area (Å²) in [6.07, 6.45) is 9.81. The zero-order valence-corrected chi connectivity index (χ0v) is 33.3. The van der Waals surface area contributed by atoms with Crippen molar-refractivity contribution in [3.8, 4) is 44.8 Å². The zero-order chi connectivity index (χ0) is 38.1. The van der Waals surface area contributed by atoms with Crippen LogP contribution < -0.4 is 9.13 Å². The molecule has 0 aliphatic heterocycles. The zero-order valence-electron chi connectivity index (χ0n) is 33.3. The minimum absolute atomic E-state index is 0.169. The molecule has 0 aliphatic rings. The molecule has 272 valence electrons. The van der Waals surface area contributed by atoms with E-state index in [4.69, 9.17) is 0 Å². The lowest BCUT2D eigenvalue weighted by Crippen LogP contribution is -2.30. The second kappa shape index (κ2) is 15.5. The summed E-state index contributed by atoms with van der Waals surface area (Å²) in [6.45, 7) is 13.0. The Bertz CT molecular complexity index is 2520. The predicted molar refractivity (Wildman–Crippen MR) is 224 cm³/mol. The summed E-state index contributed by atoms with van der Waals surface area (Å²) in [4.78, 5) is 0. The quantitative estimate of drug-likeness (QED) is 0.0985. The van der Waals surface area contributed by atoms with Crippen molar-refractivity contribution >= 4 is 10.8 Å². The highest BCUT2D eigenvalue weighted by molar-refractivity contribution is 5.94. The summed E-state index contributed by atoms with van der Waals surface area (Å²) in [5.74, 6) is -0.169. The molecule has 0 radical (unpaired) electrons. The first-order chi connectivity index (χ1) is 26.0. The maximum atomic E-state index is 15.7. The fourth-order valence-corrected chi connectivity index (χ4v) is 8.35. The third-order valence-corrected chi connectivity index (χ3v) is 11.5. The van der Waals surface area contributed by atoms with Gasteiger partial charge in [-0.1, -0.05) is 61.0 Å². The summed E-state index contributed by atoms with van der Waals surface area (Å²) in [5, 5.41) is 2.35. The number of hydrogen-bond acceptors (Lipinski definition) is 0. The largest absolute Gasteiger partial charge is 0.220 e. The molecular weight excluding hydrogens is 660 g/mol. The first-order valence-corrected chi connectivity index (χ1v) is 19.4. The average molecular weight is 713 g/mol. The van der Waals surface area contributed by atoms with E-state index in [0.29, 0.717) is 5.56 Å². The van der Waals surface area contributed by atoms with Crippen molar-refractivity contribution in [2.24, 2.45) is 14.1 Å². The second-order valence-corrected chi connectivity index (χ2v) is 15.5. The molecule has 0 bridgehead atoms. The normalized spacial score (nSPS) is 11.4. The fourth-order valence-electron chi connectivity index (χ4n) is 8.35. The van der Waals surface area contributed by atoms with E-state index in [9.17, 15) is 0 Å². The van der Waals surface area contributed by atoms with E-state index in [2.05, 4.69) is 167 Å². The Morgan fingerprint density at radius 2 is 1.11 bits per heavy atom. The highest BCUT2D eigenvalue weighted by Crippen LogP contribution is 2.36. The molecule has 0 amide bonds. The van der Waals surface area contributed by atoms with Crippen molar-refractivity contribution in [1.82, 2.24) is 0 Å².